The van der Waals surface area contributed by atoms with Crippen molar-refractivity contribution in [1.82, 2.24) is 0 Å². The van der Waals surface area contributed by atoms with Gasteiger partial charge >= 0.3 is 35.5 Å². The molecule has 0 amide bonds. The summed E-state index contributed by atoms with van der Waals surface area (Å²) in [6.07, 6.45) is 5.87. The minimum absolute atomic E-state index is 0. The third kappa shape index (κ3) is 7.63. The molecule has 0 aliphatic carbocycles. The Bertz CT molecular complexity index is 479. The third-order valence-electron chi connectivity index (χ3n) is 3.13. The molecule has 0 aromatic heterocycles. The molecule has 0 radical (unpaired) electrons. The van der Waals surface area contributed by atoms with E-state index in [0.29, 0.717) is 6.42 Å². The van der Waals surface area contributed by atoms with Gasteiger partial charge in [-0.3, -0.25) is 4.79 Å². The number of carboxylic acid groups (broad SMARTS) is 1. The molecule has 0 saturated heterocycles. The summed E-state index contributed by atoms with van der Waals surface area (Å²) in [5, 5.41) is 10.1. The van der Waals surface area contributed by atoms with Gasteiger partial charge in [-0.05, 0) is 18.6 Å². The van der Waals surface area contributed by atoms with E-state index in [2.05, 4.69) is 6.92 Å². The normalized spacial score (nSPS) is 11.4. The van der Waals surface area contributed by atoms with Crippen LogP contribution in [0.25, 0.3) is 0 Å². The number of carbonyl (C=O) groups is 2. The average molecular weight is 335 g/mol. The van der Waals surface area contributed by atoms with Gasteiger partial charge in [0.15, 0.2) is 0 Å². The number of benzene rings is 1. The number of hydrogen-bond acceptors (Lipinski definition) is 4. The number of alkyl halides is 1. The first-order valence-electron chi connectivity index (χ1n) is 7.22. The fourth-order valence-electron chi connectivity index (χ4n) is 1.94. The van der Waals surface area contributed by atoms with Gasteiger partial charge in [0, 0.05) is 5.56 Å². The van der Waals surface area contributed by atoms with E-state index in [1.54, 1.807) is 6.07 Å². The van der Waals surface area contributed by atoms with Crippen LogP contribution in [-0.2, 0) is 4.79 Å². The van der Waals surface area contributed by atoms with Gasteiger partial charge < -0.3 is 14.6 Å². The van der Waals surface area contributed by atoms with Crippen molar-refractivity contribution in [2.75, 3.05) is 0 Å². The summed E-state index contributed by atoms with van der Waals surface area (Å²) < 4.78 is 5.06. The first-order valence-corrected chi connectivity index (χ1v) is 7.66. The smallest absolute Gasteiger partial charge is 0.545 e. The third-order valence-corrected chi connectivity index (χ3v) is 3.53. The van der Waals surface area contributed by atoms with E-state index in [-0.39, 0.29) is 40.9 Å². The Kier molecular flexibility index (Phi) is 11.6. The van der Waals surface area contributed by atoms with E-state index in [9.17, 15) is 14.7 Å². The Morgan fingerprint density at radius 3 is 2.45 bits per heavy atom. The van der Waals surface area contributed by atoms with Gasteiger partial charge in [-0.15, -0.1) is 11.6 Å². The zero-order valence-electron chi connectivity index (χ0n) is 13.1. The molecular formula is C16H20ClNaO4. The maximum Gasteiger partial charge on any atom is 1.00 e. The second-order valence-electron chi connectivity index (χ2n) is 4.88. The summed E-state index contributed by atoms with van der Waals surface area (Å²) in [5.74, 6) is -2.04. The fraction of sp³-hybridized carbons (Fsp3) is 0.500. The number of carbonyl (C=O) groups excluding carboxylic acids is 2. The van der Waals surface area contributed by atoms with Gasteiger partial charge in [0.1, 0.15) is 11.1 Å². The minimum atomic E-state index is -1.39. The summed E-state index contributed by atoms with van der Waals surface area (Å²) in [6, 6.07) is 5.86. The molecule has 116 valence electrons. The predicted octanol–water partition coefficient (Wildman–Crippen LogP) is -0.0726. The summed E-state index contributed by atoms with van der Waals surface area (Å²) in [7, 11) is 0. The molecular weight excluding hydrogens is 315 g/mol. The molecule has 0 spiro atoms. The summed E-state index contributed by atoms with van der Waals surface area (Å²) in [4.78, 5) is 22.7. The Morgan fingerprint density at radius 1 is 1.18 bits per heavy atom. The van der Waals surface area contributed by atoms with Crippen LogP contribution in [0.15, 0.2) is 24.3 Å². The topological polar surface area (TPSA) is 66.4 Å². The number of carboxylic acids is 1. The molecule has 22 heavy (non-hydrogen) atoms. The maximum absolute atomic E-state index is 11.8. The fourth-order valence-corrected chi connectivity index (χ4v) is 2.14. The molecule has 1 aromatic carbocycles. The number of unbranched alkanes of at least 4 members (excludes halogenated alkanes) is 4. The molecule has 0 N–H and O–H groups in total. The van der Waals surface area contributed by atoms with Crippen LogP contribution >= 0.6 is 11.6 Å². The molecule has 0 aliphatic rings. The van der Waals surface area contributed by atoms with Crippen LogP contribution in [0.1, 0.15) is 55.8 Å². The van der Waals surface area contributed by atoms with E-state index >= 15 is 0 Å². The molecule has 0 heterocycles. The van der Waals surface area contributed by atoms with Crippen LogP contribution in [-0.4, -0.2) is 17.3 Å². The summed E-state index contributed by atoms with van der Waals surface area (Å²) in [5.41, 5.74) is -0.155. The molecule has 0 fully saturated rings. The number of para-hydroxylation sites is 1. The van der Waals surface area contributed by atoms with E-state index in [0.717, 1.165) is 25.7 Å². The molecule has 0 saturated carbocycles. The van der Waals surface area contributed by atoms with Crippen LogP contribution in [0.3, 0.4) is 0 Å². The number of rotatable bonds is 9. The number of halogens is 1. The van der Waals surface area contributed by atoms with Gasteiger partial charge in [0.2, 0.25) is 0 Å². The largest absolute Gasteiger partial charge is 1.00 e. The average Bonchev–Trinajstić information content (AvgIpc) is 2.47. The standard InChI is InChI=1S/C16H21ClO4.Na/c1-2-3-4-5-6-10-13(17)16(20)21-14-11-8-7-9-12(14)15(18)19;/h7-9,11,13H,2-6,10H2,1H3,(H,18,19);/q;+1/p-1. The van der Waals surface area contributed by atoms with Crippen molar-refractivity contribution in [2.45, 2.75) is 50.8 Å². The van der Waals surface area contributed by atoms with Crippen molar-refractivity contribution in [3.63, 3.8) is 0 Å². The predicted molar refractivity (Wildman–Crippen MR) is 79.4 cm³/mol. The Balaban J connectivity index is 0.00000441. The molecule has 1 atom stereocenters. The van der Waals surface area contributed by atoms with E-state index < -0.39 is 17.3 Å². The van der Waals surface area contributed by atoms with Crippen molar-refractivity contribution >= 4 is 23.5 Å². The van der Waals surface area contributed by atoms with Crippen LogP contribution in [0, 0.1) is 0 Å². The van der Waals surface area contributed by atoms with Gasteiger partial charge in [-0.25, -0.2) is 0 Å². The second-order valence-corrected chi connectivity index (χ2v) is 5.40. The zero-order chi connectivity index (χ0) is 15.7. The first kappa shape index (κ1) is 21.4. The Hall–Kier alpha value is -0.550. The Labute approximate surface area is 158 Å². The van der Waals surface area contributed by atoms with Crippen molar-refractivity contribution in [1.29, 1.82) is 0 Å². The van der Waals surface area contributed by atoms with Crippen molar-refractivity contribution in [3.8, 4) is 5.75 Å². The van der Waals surface area contributed by atoms with Crippen LogP contribution in [0.2, 0.25) is 0 Å². The van der Waals surface area contributed by atoms with Crippen molar-refractivity contribution in [3.05, 3.63) is 29.8 Å². The maximum atomic E-state index is 11.8. The molecule has 4 nitrogen and oxygen atoms in total. The minimum Gasteiger partial charge on any atom is -0.545 e. The van der Waals surface area contributed by atoms with Crippen molar-refractivity contribution in [2.24, 2.45) is 0 Å². The quantitative estimate of drug-likeness (QED) is 0.208. The van der Waals surface area contributed by atoms with Gasteiger partial charge in [-0.2, -0.15) is 0 Å². The van der Waals surface area contributed by atoms with Crippen LogP contribution in [0.4, 0.5) is 0 Å². The number of ether oxygens (including phenoxy) is 1. The SMILES string of the molecule is CCCCCCCC(Cl)C(=O)Oc1ccccc1C(=O)[O-].[Na+]. The number of aromatic carboxylic acids is 1. The van der Waals surface area contributed by atoms with Crippen LogP contribution in [0.5, 0.6) is 5.75 Å². The summed E-state index contributed by atoms with van der Waals surface area (Å²) >= 11 is 5.99. The first-order chi connectivity index (χ1) is 10.1. The number of esters is 1. The Morgan fingerprint density at radius 2 is 1.82 bits per heavy atom. The second kappa shape index (κ2) is 11.9. The van der Waals surface area contributed by atoms with E-state index in [1.807, 2.05) is 0 Å². The van der Waals surface area contributed by atoms with Gasteiger partial charge in [0.25, 0.3) is 0 Å². The van der Waals surface area contributed by atoms with Crippen LogP contribution < -0.4 is 39.4 Å². The molecule has 1 rings (SSSR count). The molecule has 1 aromatic rings. The van der Waals surface area contributed by atoms with Crippen molar-refractivity contribution < 1.29 is 49.0 Å². The van der Waals surface area contributed by atoms with Gasteiger partial charge in [-0.1, -0.05) is 51.2 Å². The summed E-state index contributed by atoms with van der Waals surface area (Å²) in [6.45, 7) is 2.14. The van der Waals surface area contributed by atoms with E-state index in [1.165, 1.54) is 24.6 Å². The number of hydrogen-bond donors (Lipinski definition) is 0. The molecule has 1 unspecified atom stereocenters. The zero-order valence-corrected chi connectivity index (χ0v) is 15.9. The molecule has 0 bridgehead atoms. The molecule has 6 heteroatoms. The monoisotopic (exact) mass is 334 g/mol. The van der Waals surface area contributed by atoms with Gasteiger partial charge in [0.05, 0.1) is 5.97 Å². The van der Waals surface area contributed by atoms with E-state index in [4.69, 9.17) is 16.3 Å². The molecule has 0 aliphatic heterocycles.